The maximum atomic E-state index is 12.5. The van der Waals surface area contributed by atoms with Crippen LogP contribution in [0, 0.1) is 6.92 Å². The number of methoxy groups -OCH3 is 1. The second kappa shape index (κ2) is 10.8. The summed E-state index contributed by atoms with van der Waals surface area (Å²) >= 11 is 0. The monoisotopic (exact) mass is 432 g/mol. The Morgan fingerprint density at radius 3 is 2.44 bits per heavy atom. The van der Waals surface area contributed by atoms with Gasteiger partial charge in [-0.05, 0) is 74.0 Å². The van der Waals surface area contributed by atoms with Gasteiger partial charge in [0.1, 0.15) is 5.75 Å². The average molecular weight is 432 g/mol. The van der Waals surface area contributed by atoms with E-state index in [0.29, 0.717) is 40.5 Å². The summed E-state index contributed by atoms with van der Waals surface area (Å²) in [5.74, 6) is 0.550. The molecule has 3 rings (SSSR count). The van der Waals surface area contributed by atoms with Gasteiger partial charge in [-0.2, -0.15) is 5.10 Å². The first-order chi connectivity index (χ1) is 15.5. The summed E-state index contributed by atoms with van der Waals surface area (Å²) in [6.07, 6.45) is 1.48. The second-order valence-electron chi connectivity index (χ2n) is 6.83. The van der Waals surface area contributed by atoms with E-state index >= 15 is 0 Å². The Hall–Kier alpha value is -4.13. The van der Waals surface area contributed by atoms with Crippen molar-refractivity contribution in [3.05, 3.63) is 89.0 Å². The minimum Gasteiger partial charge on any atom is -0.497 e. The topological polar surface area (TPSA) is 86.2 Å². The molecule has 0 aromatic heterocycles. The van der Waals surface area contributed by atoms with E-state index in [0.717, 1.165) is 5.56 Å². The van der Waals surface area contributed by atoms with Gasteiger partial charge < -0.3 is 14.2 Å². The van der Waals surface area contributed by atoms with Crippen molar-refractivity contribution < 1.29 is 23.8 Å². The Morgan fingerprint density at radius 2 is 1.75 bits per heavy atom. The molecule has 0 saturated heterocycles. The Bertz CT molecular complexity index is 1120. The highest BCUT2D eigenvalue weighted by atomic mass is 16.6. The molecule has 7 nitrogen and oxygen atoms in total. The second-order valence-corrected chi connectivity index (χ2v) is 6.83. The van der Waals surface area contributed by atoms with Gasteiger partial charge in [-0.15, -0.1) is 0 Å². The van der Waals surface area contributed by atoms with E-state index in [1.165, 1.54) is 6.21 Å². The molecule has 0 heterocycles. The molecule has 3 aromatic carbocycles. The lowest BCUT2D eigenvalue weighted by Gasteiger charge is -2.11. The first kappa shape index (κ1) is 22.6. The molecule has 164 valence electrons. The number of rotatable bonds is 8. The van der Waals surface area contributed by atoms with Gasteiger partial charge in [0.25, 0.3) is 5.91 Å². The van der Waals surface area contributed by atoms with E-state index in [9.17, 15) is 9.59 Å². The lowest BCUT2D eigenvalue weighted by molar-refractivity contribution is 0.0728. The molecule has 1 N–H and O–H groups in total. The van der Waals surface area contributed by atoms with Gasteiger partial charge in [-0.1, -0.05) is 17.7 Å². The third-order valence-corrected chi connectivity index (χ3v) is 4.46. The highest BCUT2D eigenvalue weighted by Gasteiger charge is 2.13. The number of nitrogens with zero attached hydrogens (tertiary/aromatic N) is 1. The predicted octanol–water partition coefficient (Wildman–Crippen LogP) is 4.39. The summed E-state index contributed by atoms with van der Waals surface area (Å²) < 4.78 is 16.2. The zero-order valence-corrected chi connectivity index (χ0v) is 18.1. The molecule has 0 bridgehead atoms. The van der Waals surface area contributed by atoms with Gasteiger partial charge in [-0.3, -0.25) is 4.79 Å². The summed E-state index contributed by atoms with van der Waals surface area (Å²) in [6, 6.07) is 18.9. The Morgan fingerprint density at radius 1 is 0.969 bits per heavy atom. The summed E-state index contributed by atoms with van der Waals surface area (Å²) in [4.78, 5) is 24.7. The zero-order valence-electron chi connectivity index (χ0n) is 18.1. The van der Waals surface area contributed by atoms with Crippen molar-refractivity contribution in [1.29, 1.82) is 0 Å². The summed E-state index contributed by atoms with van der Waals surface area (Å²) in [7, 11) is 1.56. The van der Waals surface area contributed by atoms with Crippen molar-refractivity contribution >= 4 is 18.1 Å². The minimum atomic E-state index is -0.470. The Kier molecular flexibility index (Phi) is 7.59. The summed E-state index contributed by atoms with van der Waals surface area (Å²) in [6.45, 7) is 4.13. The van der Waals surface area contributed by atoms with E-state index in [-0.39, 0.29) is 5.91 Å². The number of benzene rings is 3. The van der Waals surface area contributed by atoms with E-state index in [2.05, 4.69) is 10.5 Å². The summed E-state index contributed by atoms with van der Waals surface area (Å²) in [5.41, 5.74) is 5.02. The van der Waals surface area contributed by atoms with Crippen LogP contribution in [0.25, 0.3) is 0 Å². The van der Waals surface area contributed by atoms with Crippen LogP contribution in [0.1, 0.15) is 38.8 Å². The number of hydrogen-bond donors (Lipinski definition) is 1. The molecule has 7 heteroatoms. The van der Waals surface area contributed by atoms with E-state index in [4.69, 9.17) is 14.2 Å². The number of hydrazone groups is 1. The molecule has 0 fully saturated rings. The highest BCUT2D eigenvalue weighted by molar-refractivity contribution is 5.95. The Labute approximate surface area is 186 Å². The first-order valence-corrected chi connectivity index (χ1v) is 10.0. The molecule has 0 aliphatic carbocycles. The van der Waals surface area contributed by atoms with Crippen LogP contribution in [0.15, 0.2) is 71.8 Å². The number of esters is 1. The smallest absolute Gasteiger partial charge is 0.343 e. The number of aryl methyl sites for hydroxylation is 1. The van der Waals surface area contributed by atoms with Crippen LogP contribution in [-0.2, 0) is 0 Å². The van der Waals surface area contributed by atoms with E-state index < -0.39 is 5.97 Å². The molecule has 1 amide bonds. The molecule has 0 spiro atoms. The van der Waals surface area contributed by atoms with E-state index in [1.807, 2.05) is 19.9 Å². The number of amides is 1. The number of carbonyl (C=O) groups excluding carboxylic acids is 2. The SMILES string of the molecule is CCOc1cc(/C=N/NC(=O)c2ccc(OC)cc2)ccc1OC(=O)c1cccc(C)c1. The maximum absolute atomic E-state index is 12.5. The van der Waals surface area contributed by atoms with Crippen molar-refractivity contribution in [3.63, 3.8) is 0 Å². The number of ether oxygens (including phenoxy) is 3. The number of nitrogens with one attached hydrogen (secondary N) is 1. The molecule has 32 heavy (non-hydrogen) atoms. The zero-order chi connectivity index (χ0) is 22.9. The number of hydrogen-bond acceptors (Lipinski definition) is 6. The fourth-order valence-corrected chi connectivity index (χ4v) is 2.86. The fourth-order valence-electron chi connectivity index (χ4n) is 2.86. The van der Waals surface area contributed by atoms with Crippen LogP contribution in [0.5, 0.6) is 17.2 Å². The molecule has 0 unspecified atom stereocenters. The van der Waals surface area contributed by atoms with Gasteiger partial charge in [0.2, 0.25) is 0 Å². The van der Waals surface area contributed by atoms with Crippen molar-refractivity contribution in [3.8, 4) is 17.2 Å². The minimum absolute atomic E-state index is 0.303. The van der Waals surface area contributed by atoms with Crippen molar-refractivity contribution in [2.45, 2.75) is 13.8 Å². The van der Waals surface area contributed by atoms with Crippen LogP contribution >= 0.6 is 0 Å². The van der Waals surface area contributed by atoms with Crippen LogP contribution < -0.4 is 19.6 Å². The van der Waals surface area contributed by atoms with Gasteiger partial charge in [0.15, 0.2) is 11.5 Å². The van der Waals surface area contributed by atoms with Crippen molar-refractivity contribution in [1.82, 2.24) is 5.43 Å². The lowest BCUT2D eigenvalue weighted by Crippen LogP contribution is -2.17. The predicted molar refractivity (Wildman–Crippen MR) is 122 cm³/mol. The quantitative estimate of drug-likeness (QED) is 0.247. The molecule has 0 aliphatic rings. The molecular formula is C25H24N2O5. The van der Waals surface area contributed by atoms with Gasteiger partial charge in [0, 0.05) is 5.56 Å². The average Bonchev–Trinajstić information content (AvgIpc) is 2.80. The third-order valence-electron chi connectivity index (χ3n) is 4.46. The van der Waals surface area contributed by atoms with Crippen LogP contribution in [-0.4, -0.2) is 31.8 Å². The first-order valence-electron chi connectivity index (χ1n) is 10.0. The van der Waals surface area contributed by atoms with Crippen LogP contribution in [0.4, 0.5) is 0 Å². The molecule has 0 aliphatic heterocycles. The Balaban J connectivity index is 1.69. The number of carbonyl (C=O) groups is 2. The normalized spacial score (nSPS) is 10.6. The summed E-state index contributed by atoms with van der Waals surface area (Å²) in [5, 5.41) is 3.99. The third kappa shape index (κ3) is 5.95. The molecule has 3 aromatic rings. The molecule has 0 radical (unpaired) electrons. The van der Waals surface area contributed by atoms with Gasteiger partial charge in [0.05, 0.1) is 25.5 Å². The van der Waals surface area contributed by atoms with E-state index in [1.54, 1.807) is 67.8 Å². The standard InChI is InChI=1S/C25H24N2O5/c1-4-31-23-15-18(16-26-27-24(28)19-9-11-21(30-3)12-10-19)8-13-22(23)32-25(29)20-7-5-6-17(2)14-20/h5-16H,4H2,1-3H3,(H,27,28)/b26-16+. The van der Waals surface area contributed by atoms with Crippen LogP contribution in [0.2, 0.25) is 0 Å². The molecule has 0 atom stereocenters. The van der Waals surface area contributed by atoms with Crippen LogP contribution in [0.3, 0.4) is 0 Å². The van der Waals surface area contributed by atoms with Gasteiger partial charge >= 0.3 is 5.97 Å². The fraction of sp³-hybridized carbons (Fsp3) is 0.160. The van der Waals surface area contributed by atoms with Gasteiger partial charge in [-0.25, -0.2) is 10.2 Å². The van der Waals surface area contributed by atoms with Crippen molar-refractivity contribution in [2.75, 3.05) is 13.7 Å². The van der Waals surface area contributed by atoms with Crippen molar-refractivity contribution in [2.24, 2.45) is 5.10 Å². The molecular weight excluding hydrogens is 408 g/mol. The lowest BCUT2D eigenvalue weighted by atomic mass is 10.1. The largest absolute Gasteiger partial charge is 0.497 e. The molecule has 0 saturated carbocycles. The highest BCUT2D eigenvalue weighted by Crippen LogP contribution is 2.29. The maximum Gasteiger partial charge on any atom is 0.343 e.